The van der Waals surface area contributed by atoms with Crippen molar-refractivity contribution in [1.29, 1.82) is 0 Å². The van der Waals surface area contributed by atoms with E-state index in [1.807, 2.05) is 0 Å². The van der Waals surface area contributed by atoms with E-state index < -0.39 is 11.6 Å². The Kier molecular flexibility index (Phi) is 5.05. The van der Waals surface area contributed by atoms with E-state index >= 15 is 0 Å². The molecule has 1 unspecified atom stereocenters. The van der Waals surface area contributed by atoms with Crippen molar-refractivity contribution >= 4 is 11.8 Å². The molecule has 1 atom stereocenters. The highest BCUT2D eigenvalue weighted by Crippen LogP contribution is 2.11. The Bertz CT molecular complexity index is 317. The fourth-order valence-electron chi connectivity index (χ4n) is 1.30. The highest BCUT2D eigenvalue weighted by atomic mass is 32.2. The lowest BCUT2D eigenvalue weighted by Crippen LogP contribution is -2.25. The van der Waals surface area contributed by atoms with Crippen LogP contribution in [0.3, 0.4) is 0 Å². The van der Waals surface area contributed by atoms with Crippen molar-refractivity contribution in [3.63, 3.8) is 0 Å². The lowest BCUT2D eigenvalue weighted by atomic mass is 10.1. The van der Waals surface area contributed by atoms with E-state index in [1.54, 1.807) is 17.8 Å². The first-order chi connectivity index (χ1) is 7.13. The van der Waals surface area contributed by atoms with Crippen LogP contribution >= 0.6 is 11.8 Å². The van der Waals surface area contributed by atoms with Gasteiger partial charge in [0.2, 0.25) is 0 Å². The second-order valence-corrected chi connectivity index (χ2v) is 4.69. The van der Waals surface area contributed by atoms with E-state index in [4.69, 9.17) is 5.73 Å². The lowest BCUT2D eigenvalue weighted by molar-refractivity contribution is 0.506. The summed E-state index contributed by atoms with van der Waals surface area (Å²) in [5, 5.41) is 0. The van der Waals surface area contributed by atoms with E-state index in [-0.39, 0.29) is 6.04 Å². The highest BCUT2D eigenvalue weighted by Gasteiger charge is 2.07. The third-order valence-corrected chi connectivity index (χ3v) is 3.09. The lowest BCUT2D eigenvalue weighted by Gasteiger charge is -2.10. The zero-order valence-electron chi connectivity index (χ0n) is 8.67. The summed E-state index contributed by atoms with van der Waals surface area (Å²) in [6, 6.07) is 3.94. The molecule has 1 nitrogen and oxygen atoms in total. The summed E-state index contributed by atoms with van der Waals surface area (Å²) in [5.74, 6) is 0.249. The molecule has 0 bridgehead atoms. The number of benzene rings is 1. The van der Waals surface area contributed by atoms with E-state index in [1.165, 1.54) is 6.07 Å². The molecule has 0 saturated carbocycles. The standard InChI is InChI=1S/C11H15F2NS/c1-2-15-7-9(14)5-8-3-4-10(12)11(13)6-8/h3-4,6,9H,2,5,7,14H2,1H3. The smallest absolute Gasteiger partial charge is 0.159 e. The van der Waals surface area contributed by atoms with Gasteiger partial charge in [0.1, 0.15) is 0 Å². The molecule has 15 heavy (non-hydrogen) atoms. The predicted octanol–water partition coefficient (Wildman–Crippen LogP) is 2.59. The van der Waals surface area contributed by atoms with Crippen LogP contribution in [0.25, 0.3) is 0 Å². The number of halogens is 2. The summed E-state index contributed by atoms with van der Waals surface area (Å²) in [5.41, 5.74) is 6.59. The molecule has 0 radical (unpaired) electrons. The Morgan fingerprint density at radius 2 is 2.07 bits per heavy atom. The van der Waals surface area contributed by atoms with Crippen LogP contribution < -0.4 is 5.73 Å². The van der Waals surface area contributed by atoms with Gasteiger partial charge >= 0.3 is 0 Å². The van der Waals surface area contributed by atoms with Gasteiger partial charge in [0, 0.05) is 11.8 Å². The minimum atomic E-state index is -0.810. The van der Waals surface area contributed by atoms with Gasteiger partial charge in [0.25, 0.3) is 0 Å². The normalized spacial score (nSPS) is 12.8. The topological polar surface area (TPSA) is 26.0 Å². The molecule has 1 rings (SSSR count). The molecule has 1 aromatic carbocycles. The van der Waals surface area contributed by atoms with E-state index in [0.29, 0.717) is 6.42 Å². The van der Waals surface area contributed by atoms with E-state index in [2.05, 4.69) is 6.92 Å². The molecule has 4 heteroatoms. The Balaban J connectivity index is 2.53. The van der Waals surface area contributed by atoms with E-state index in [9.17, 15) is 8.78 Å². The summed E-state index contributed by atoms with van der Waals surface area (Å²) >= 11 is 1.75. The summed E-state index contributed by atoms with van der Waals surface area (Å²) < 4.78 is 25.5. The molecule has 0 aliphatic carbocycles. The monoisotopic (exact) mass is 231 g/mol. The van der Waals surface area contributed by atoms with Crippen molar-refractivity contribution in [3.05, 3.63) is 35.4 Å². The van der Waals surface area contributed by atoms with Gasteiger partial charge in [-0.15, -0.1) is 0 Å². The van der Waals surface area contributed by atoms with Gasteiger partial charge in [-0.05, 0) is 29.9 Å². The fourth-order valence-corrected chi connectivity index (χ4v) is 1.95. The third kappa shape index (κ3) is 4.18. The molecule has 1 aromatic rings. The number of thioether (sulfide) groups is 1. The maximum Gasteiger partial charge on any atom is 0.159 e. The summed E-state index contributed by atoms with van der Waals surface area (Å²) in [6.07, 6.45) is 0.588. The average Bonchev–Trinajstić information content (AvgIpc) is 2.20. The molecule has 0 heterocycles. The highest BCUT2D eigenvalue weighted by molar-refractivity contribution is 7.99. The van der Waals surface area contributed by atoms with Crippen molar-refractivity contribution in [1.82, 2.24) is 0 Å². The Morgan fingerprint density at radius 3 is 2.67 bits per heavy atom. The second kappa shape index (κ2) is 6.08. The van der Waals surface area contributed by atoms with Crippen molar-refractivity contribution in [2.75, 3.05) is 11.5 Å². The summed E-state index contributed by atoms with van der Waals surface area (Å²) in [7, 11) is 0. The molecule has 0 aliphatic heterocycles. The number of hydrogen-bond acceptors (Lipinski definition) is 2. The predicted molar refractivity (Wildman–Crippen MR) is 61.0 cm³/mol. The Hall–Kier alpha value is -0.610. The average molecular weight is 231 g/mol. The van der Waals surface area contributed by atoms with Gasteiger partial charge in [0.15, 0.2) is 11.6 Å². The maximum atomic E-state index is 12.9. The molecule has 84 valence electrons. The first-order valence-electron chi connectivity index (χ1n) is 4.90. The minimum absolute atomic E-state index is 0.000175. The Morgan fingerprint density at radius 1 is 1.33 bits per heavy atom. The van der Waals surface area contributed by atoms with Crippen LogP contribution in [0.5, 0.6) is 0 Å². The quantitative estimate of drug-likeness (QED) is 0.843. The molecular weight excluding hydrogens is 216 g/mol. The molecule has 2 N–H and O–H groups in total. The van der Waals surface area contributed by atoms with Gasteiger partial charge < -0.3 is 5.73 Å². The Labute approximate surface area is 93.1 Å². The van der Waals surface area contributed by atoms with Gasteiger partial charge in [0.05, 0.1) is 0 Å². The van der Waals surface area contributed by atoms with E-state index in [0.717, 1.165) is 23.1 Å². The maximum absolute atomic E-state index is 12.9. The van der Waals surface area contributed by atoms with Gasteiger partial charge in [-0.2, -0.15) is 11.8 Å². The number of nitrogens with two attached hydrogens (primary N) is 1. The molecule has 0 spiro atoms. The van der Waals surface area contributed by atoms with Gasteiger partial charge in [-0.25, -0.2) is 8.78 Å². The SMILES string of the molecule is CCSCC(N)Cc1ccc(F)c(F)c1. The number of hydrogen-bond donors (Lipinski definition) is 1. The van der Waals surface area contributed by atoms with Crippen LogP contribution in [-0.2, 0) is 6.42 Å². The van der Waals surface area contributed by atoms with Gasteiger partial charge in [-0.3, -0.25) is 0 Å². The zero-order chi connectivity index (χ0) is 11.3. The van der Waals surface area contributed by atoms with Crippen molar-refractivity contribution in [2.45, 2.75) is 19.4 Å². The number of rotatable bonds is 5. The first kappa shape index (κ1) is 12.5. The third-order valence-electron chi connectivity index (χ3n) is 2.02. The summed E-state index contributed by atoms with van der Waals surface area (Å²) in [4.78, 5) is 0. The summed E-state index contributed by atoms with van der Waals surface area (Å²) in [6.45, 7) is 2.06. The van der Waals surface area contributed by atoms with Crippen LogP contribution in [0.15, 0.2) is 18.2 Å². The second-order valence-electron chi connectivity index (χ2n) is 3.37. The van der Waals surface area contributed by atoms with Crippen LogP contribution in [-0.4, -0.2) is 17.5 Å². The van der Waals surface area contributed by atoms with Crippen LogP contribution in [0.4, 0.5) is 8.78 Å². The molecular formula is C11H15F2NS. The molecule has 0 aliphatic rings. The molecule has 0 amide bonds. The van der Waals surface area contributed by atoms with Crippen LogP contribution in [0.1, 0.15) is 12.5 Å². The minimum Gasteiger partial charge on any atom is -0.327 e. The van der Waals surface area contributed by atoms with Gasteiger partial charge in [-0.1, -0.05) is 13.0 Å². The zero-order valence-corrected chi connectivity index (χ0v) is 9.49. The van der Waals surface area contributed by atoms with Crippen molar-refractivity contribution in [3.8, 4) is 0 Å². The van der Waals surface area contributed by atoms with Crippen molar-refractivity contribution < 1.29 is 8.78 Å². The fraction of sp³-hybridized carbons (Fsp3) is 0.455. The molecule has 0 saturated heterocycles. The van der Waals surface area contributed by atoms with Crippen LogP contribution in [0.2, 0.25) is 0 Å². The molecule has 0 aromatic heterocycles. The molecule has 0 fully saturated rings. The first-order valence-corrected chi connectivity index (χ1v) is 6.06. The van der Waals surface area contributed by atoms with Crippen molar-refractivity contribution in [2.24, 2.45) is 5.73 Å². The largest absolute Gasteiger partial charge is 0.327 e. The van der Waals surface area contributed by atoms with Crippen LogP contribution in [0, 0.1) is 11.6 Å².